The van der Waals surface area contributed by atoms with Crippen molar-refractivity contribution >= 4 is 17.7 Å². The summed E-state index contributed by atoms with van der Waals surface area (Å²) in [5, 5.41) is 12.2. The average molecular weight is 388 g/mol. The Morgan fingerprint density at radius 3 is 2.66 bits per heavy atom. The third kappa shape index (κ3) is 5.85. The summed E-state index contributed by atoms with van der Waals surface area (Å²) in [5.74, 6) is 0.621. The molecule has 5 heteroatoms. The Kier molecular flexibility index (Phi) is 7.81. The van der Waals surface area contributed by atoms with Gasteiger partial charge in [0, 0.05) is 11.3 Å². The molecule has 0 aliphatic rings. The molecule has 0 heterocycles. The van der Waals surface area contributed by atoms with Gasteiger partial charge < -0.3 is 14.8 Å². The molecule has 0 saturated heterocycles. The number of ether oxygens (including phenoxy) is 2. The molecular weight excluding hydrogens is 364 g/mol. The number of carbonyl (C=O) groups is 1. The number of methoxy groups -OCH3 is 1. The normalized spacial score (nSPS) is 10.6. The van der Waals surface area contributed by atoms with E-state index in [1.807, 2.05) is 37.3 Å². The highest BCUT2D eigenvalue weighted by Gasteiger charge is 2.14. The van der Waals surface area contributed by atoms with Crippen LogP contribution in [0.3, 0.4) is 0 Å². The molecular formula is C24H24N2O3. The zero-order chi connectivity index (χ0) is 21.2. The highest BCUT2D eigenvalue weighted by Crippen LogP contribution is 2.34. The molecule has 0 atom stereocenters. The number of hydrogen-bond acceptors (Lipinski definition) is 4. The summed E-state index contributed by atoms with van der Waals surface area (Å²) in [7, 11) is 1.54. The molecule has 0 unspecified atom stereocenters. The lowest BCUT2D eigenvalue weighted by Gasteiger charge is -2.15. The van der Waals surface area contributed by atoms with E-state index in [1.54, 1.807) is 24.3 Å². The number of amides is 1. The van der Waals surface area contributed by atoms with Crippen LogP contribution >= 0.6 is 0 Å². The SMILES string of the molecule is C=CCOc1c(CC=C)cc(/C=C(\C#N)C(=O)Nc2cccc(C)c2)cc1OC. The monoisotopic (exact) mass is 388 g/mol. The number of nitriles is 1. The second-order valence-corrected chi connectivity index (χ2v) is 6.30. The van der Waals surface area contributed by atoms with Gasteiger partial charge in [0.05, 0.1) is 7.11 Å². The summed E-state index contributed by atoms with van der Waals surface area (Å²) in [5.41, 5.74) is 3.12. The van der Waals surface area contributed by atoms with Gasteiger partial charge >= 0.3 is 0 Å². The van der Waals surface area contributed by atoms with Gasteiger partial charge in [-0.25, -0.2) is 0 Å². The van der Waals surface area contributed by atoms with Crippen LogP contribution in [0, 0.1) is 18.3 Å². The van der Waals surface area contributed by atoms with Gasteiger partial charge in [0.15, 0.2) is 11.5 Å². The molecule has 0 fully saturated rings. The van der Waals surface area contributed by atoms with E-state index >= 15 is 0 Å². The van der Waals surface area contributed by atoms with Gasteiger partial charge in [-0.15, -0.1) is 6.58 Å². The number of anilines is 1. The van der Waals surface area contributed by atoms with Crippen molar-refractivity contribution < 1.29 is 14.3 Å². The largest absolute Gasteiger partial charge is 0.493 e. The van der Waals surface area contributed by atoms with Crippen molar-refractivity contribution in [3.63, 3.8) is 0 Å². The fraction of sp³-hybridized carbons (Fsp3) is 0.167. The van der Waals surface area contributed by atoms with Crippen LogP contribution in [0.1, 0.15) is 16.7 Å². The smallest absolute Gasteiger partial charge is 0.266 e. The highest BCUT2D eigenvalue weighted by atomic mass is 16.5. The van der Waals surface area contributed by atoms with Crippen molar-refractivity contribution in [2.45, 2.75) is 13.3 Å². The molecule has 29 heavy (non-hydrogen) atoms. The summed E-state index contributed by atoms with van der Waals surface area (Å²) in [6.07, 6.45) is 5.46. The molecule has 5 nitrogen and oxygen atoms in total. The van der Waals surface area contributed by atoms with Gasteiger partial charge in [-0.05, 0) is 54.8 Å². The molecule has 0 spiro atoms. The number of nitrogens with one attached hydrogen (secondary N) is 1. The first kappa shape index (κ1) is 21.5. The number of rotatable bonds is 9. The number of aryl methyl sites for hydroxylation is 1. The van der Waals surface area contributed by atoms with E-state index < -0.39 is 5.91 Å². The lowest BCUT2D eigenvalue weighted by molar-refractivity contribution is -0.112. The van der Waals surface area contributed by atoms with E-state index in [0.717, 1.165) is 11.1 Å². The Bertz CT molecular complexity index is 984. The molecule has 2 rings (SSSR count). The van der Waals surface area contributed by atoms with Crippen LogP contribution in [-0.4, -0.2) is 19.6 Å². The quantitative estimate of drug-likeness (QED) is 0.379. The zero-order valence-electron chi connectivity index (χ0n) is 16.7. The number of hydrogen-bond donors (Lipinski definition) is 1. The molecule has 0 bridgehead atoms. The number of carbonyl (C=O) groups excluding carboxylic acids is 1. The van der Waals surface area contributed by atoms with Crippen molar-refractivity contribution in [2.24, 2.45) is 0 Å². The van der Waals surface area contributed by atoms with Crippen LogP contribution in [-0.2, 0) is 11.2 Å². The fourth-order valence-corrected chi connectivity index (χ4v) is 2.77. The lowest BCUT2D eigenvalue weighted by Crippen LogP contribution is -2.13. The van der Waals surface area contributed by atoms with Crippen molar-refractivity contribution in [3.8, 4) is 17.6 Å². The van der Waals surface area contributed by atoms with Gasteiger partial charge in [0.1, 0.15) is 18.2 Å². The van der Waals surface area contributed by atoms with E-state index in [0.29, 0.717) is 35.8 Å². The van der Waals surface area contributed by atoms with Crippen LogP contribution in [0.5, 0.6) is 11.5 Å². The molecule has 2 aromatic rings. The Hall–Kier alpha value is -3.78. The summed E-state index contributed by atoms with van der Waals surface area (Å²) in [6, 6.07) is 12.9. The first-order valence-electron chi connectivity index (χ1n) is 9.07. The number of nitrogens with zero attached hydrogens (tertiary/aromatic N) is 1. The molecule has 0 saturated carbocycles. The second kappa shape index (κ2) is 10.5. The summed E-state index contributed by atoms with van der Waals surface area (Å²) in [6.45, 7) is 9.69. The van der Waals surface area contributed by atoms with Gasteiger partial charge in [-0.3, -0.25) is 4.79 Å². The minimum absolute atomic E-state index is 0.0159. The van der Waals surface area contributed by atoms with E-state index in [2.05, 4.69) is 18.5 Å². The van der Waals surface area contributed by atoms with Crippen molar-refractivity contribution in [3.05, 3.63) is 84.0 Å². The first-order chi connectivity index (χ1) is 14.0. The second-order valence-electron chi connectivity index (χ2n) is 6.30. The predicted octanol–water partition coefficient (Wildman–Crippen LogP) is 4.84. The Labute approximate surface area is 171 Å². The minimum Gasteiger partial charge on any atom is -0.493 e. The Morgan fingerprint density at radius 2 is 2.03 bits per heavy atom. The van der Waals surface area contributed by atoms with Crippen LogP contribution in [0.15, 0.2) is 67.3 Å². The highest BCUT2D eigenvalue weighted by molar-refractivity contribution is 6.09. The van der Waals surface area contributed by atoms with Crippen molar-refractivity contribution in [1.82, 2.24) is 0 Å². The van der Waals surface area contributed by atoms with E-state index in [9.17, 15) is 10.1 Å². The third-order valence-corrected chi connectivity index (χ3v) is 4.04. The van der Waals surface area contributed by atoms with Gasteiger partial charge in [-0.2, -0.15) is 5.26 Å². The molecule has 148 valence electrons. The van der Waals surface area contributed by atoms with Crippen LogP contribution in [0.25, 0.3) is 6.08 Å². The third-order valence-electron chi connectivity index (χ3n) is 4.04. The van der Waals surface area contributed by atoms with Crippen LogP contribution in [0.4, 0.5) is 5.69 Å². The zero-order valence-corrected chi connectivity index (χ0v) is 16.7. The minimum atomic E-state index is -0.477. The van der Waals surface area contributed by atoms with Gasteiger partial charge in [0.25, 0.3) is 5.91 Å². The molecule has 2 aromatic carbocycles. The van der Waals surface area contributed by atoms with Crippen molar-refractivity contribution in [2.75, 3.05) is 19.0 Å². The molecule has 0 radical (unpaired) electrons. The Balaban J connectivity index is 2.39. The topological polar surface area (TPSA) is 71.3 Å². The molecule has 0 aliphatic carbocycles. The number of allylic oxidation sites excluding steroid dienone is 1. The number of benzene rings is 2. The average Bonchev–Trinajstić information content (AvgIpc) is 2.71. The predicted molar refractivity (Wildman–Crippen MR) is 116 cm³/mol. The first-order valence-corrected chi connectivity index (χ1v) is 9.07. The standard InChI is InChI=1S/C24H24N2O3/c1-5-8-19-13-18(15-22(28-4)23(19)29-11-6-2)14-20(16-25)24(27)26-21-10-7-9-17(3)12-21/h5-7,9-10,12-15H,1-2,8,11H2,3-4H3,(H,26,27)/b20-14+. The van der Waals surface area contributed by atoms with E-state index in [1.165, 1.54) is 13.2 Å². The molecule has 1 amide bonds. The van der Waals surface area contributed by atoms with Crippen molar-refractivity contribution in [1.29, 1.82) is 5.26 Å². The Morgan fingerprint density at radius 1 is 1.24 bits per heavy atom. The van der Waals surface area contributed by atoms with Gasteiger partial charge in [0.2, 0.25) is 0 Å². The summed E-state index contributed by atoms with van der Waals surface area (Å²) in [4.78, 5) is 12.5. The summed E-state index contributed by atoms with van der Waals surface area (Å²) < 4.78 is 11.2. The maximum absolute atomic E-state index is 12.5. The fourth-order valence-electron chi connectivity index (χ4n) is 2.77. The van der Waals surface area contributed by atoms with Gasteiger partial charge in [-0.1, -0.05) is 30.9 Å². The van der Waals surface area contributed by atoms with Crippen LogP contribution in [0.2, 0.25) is 0 Å². The molecule has 0 aliphatic heterocycles. The van der Waals surface area contributed by atoms with Crippen LogP contribution < -0.4 is 14.8 Å². The molecule has 1 N–H and O–H groups in total. The lowest BCUT2D eigenvalue weighted by atomic mass is 10.0. The summed E-state index contributed by atoms with van der Waals surface area (Å²) >= 11 is 0. The maximum Gasteiger partial charge on any atom is 0.266 e. The maximum atomic E-state index is 12.5. The molecule has 0 aromatic heterocycles. The van der Waals surface area contributed by atoms with E-state index in [-0.39, 0.29) is 5.57 Å². The van der Waals surface area contributed by atoms with E-state index in [4.69, 9.17) is 9.47 Å².